The number of sulfonamides is 1. The Labute approximate surface area is 196 Å². The molecule has 0 aliphatic carbocycles. The van der Waals surface area contributed by atoms with Crippen LogP contribution in [0.3, 0.4) is 0 Å². The average molecular weight is 481 g/mol. The Morgan fingerprint density at radius 3 is 2.59 bits per heavy atom. The quantitative estimate of drug-likeness (QED) is 0.468. The summed E-state index contributed by atoms with van der Waals surface area (Å²) < 4.78 is 33.5. The van der Waals surface area contributed by atoms with Gasteiger partial charge in [-0.3, -0.25) is 9.59 Å². The predicted octanol–water partition coefficient (Wildman–Crippen LogP) is 2.46. The molecular weight excluding hydrogens is 456 g/mol. The molecule has 5 rings (SSSR count). The van der Waals surface area contributed by atoms with E-state index in [1.807, 2.05) is 24.3 Å². The van der Waals surface area contributed by atoms with Gasteiger partial charge in [0.2, 0.25) is 15.9 Å². The third-order valence-corrected chi connectivity index (χ3v) is 8.06. The summed E-state index contributed by atoms with van der Waals surface area (Å²) in [6.07, 6.45) is 1.04. The van der Waals surface area contributed by atoms with Crippen LogP contribution in [0.4, 0.5) is 5.69 Å². The Hall–Kier alpha value is -3.47. The zero-order valence-corrected chi connectivity index (χ0v) is 19.0. The summed E-state index contributed by atoms with van der Waals surface area (Å²) in [5.41, 5.74) is 1.77. The molecule has 2 saturated heterocycles. The van der Waals surface area contributed by atoms with Crippen molar-refractivity contribution in [2.75, 3.05) is 18.4 Å². The van der Waals surface area contributed by atoms with Gasteiger partial charge in [-0.15, -0.1) is 0 Å². The Kier molecular flexibility index (Phi) is 5.72. The van der Waals surface area contributed by atoms with E-state index >= 15 is 0 Å². The molecule has 3 atom stereocenters. The number of H-pyrrole nitrogens is 1. The number of anilines is 1. The number of nitrogens with zero attached hydrogens (tertiary/aromatic N) is 1. The van der Waals surface area contributed by atoms with Crippen LogP contribution in [0.2, 0.25) is 0 Å². The number of benzene rings is 2. The number of rotatable bonds is 6. The standard InChI is InChI=1S/C24H24N4O5S/c1-2-22(29)27-23-12-16-13-28(14-21(16)33-23)34(31,32)18-9-7-17(8-10-18)25-24(30)20-11-15-5-3-4-6-19(15)26-20/h2-11,16,21,23,26H,1,12-14H2,(H,25,30)(H,27,29). The summed E-state index contributed by atoms with van der Waals surface area (Å²) in [6.45, 7) is 3.97. The molecule has 34 heavy (non-hydrogen) atoms. The number of aromatic amines is 1. The molecule has 2 aromatic carbocycles. The maximum Gasteiger partial charge on any atom is 0.272 e. The van der Waals surface area contributed by atoms with Gasteiger partial charge < -0.3 is 20.4 Å². The summed E-state index contributed by atoms with van der Waals surface area (Å²) in [5.74, 6) is -0.611. The summed E-state index contributed by atoms with van der Waals surface area (Å²) in [4.78, 5) is 27.3. The van der Waals surface area contributed by atoms with Crippen LogP contribution in [-0.4, -0.2) is 54.9 Å². The highest BCUT2D eigenvalue weighted by molar-refractivity contribution is 7.89. The Balaban J connectivity index is 1.22. The SMILES string of the molecule is C=CC(=O)NC1CC2CN(S(=O)(=O)c3ccc(NC(=O)c4cc5ccccc5[nH]4)cc3)CC2O1. The fourth-order valence-electron chi connectivity index (χ4n) is 4.49. The molecule has 0 radical (unpaired) electrons. The van der Waals surface area contributed by atoms with E-state index in [9.17, 15) is 18.0 Å². The monoisotopic (exact) mass is 480 g/mol. The second-order valence-corrected chi connectivity index (χ2v) is 10.4. The first kappa shape index (κ1) is 22.3. The number of hydrogen-bond acceptors (Lipinski definition) is 5. The predicted molar refractivity (Wildman–Crippen MR) is 127 cm³/mol. The van der Waals surface area contributed by atoms with Crippen molar-refractivity contribution in [3.8, 4) is 0 Å². The number of carbonyl (C=O) groups excluding carboxylic acids is 2. The fourth-order valence-corrected chi connectivity index (χ4v) is 5.99. The van der Waals surface area contributed by atoms with E-state index in [-0.39, 0.29) is 35.3 Å². The van der Waals surface area contributed by atoms with Crippen LogP contribution in [0.25, 0.3) is 10.9 Å². The number of para-hydroxylation sites is 1. The lowest BCUT2D eigenvalue weighted by atomic mass is 10.1. The van der Waals surface area contributed by atoms with Crippen LogP contribution in [0, 0.1) is 5.92 Å². The number of ether oxygens (including phenoxy) is 1. The molecule has 2 aliphatic rings. The smallest absolute Gasteiger partial charge is 0.272 e. The molecule has 0 saturated carbocycles. The molecule has 3 unspecified atom stereocenters. The zero-order valence-electron chi connectivity index (χ0n) is 18.2. The van der Waals surface area contributed by atoms with Crippen LogP contribution in [0.5, 0.6) is 0 Å². The molecule has 3 heterocycles. The number of hydrogen-bond donors (Lipinski definition) is 3. The van der Waals surface area contributed by atoms with Crippen molar-refractivity contribution in [1.82, 2.24) is 14.6 Å². The maximum absolute atomic E-state index is 13.1. The third kappa shape index (κ3) is 4.23. The van der Waals surface area contributed by atoms with Gasteiger partial charge in [0.05, 0.1) is 11.0 Å². The molecule has 2 fully saturated rings. The van der Waals surface area contributed by atoms with E-state index in [0.717, 1.165) is 10.9 Å². The third-order valence-electron chi connectivity index (χ3n) is 6.22. The molecule has 2 amide bonds. The van der Waals surface area contributed by atoms with Crippen molar-refractivity contribution in [2.24, 2.45) is 5.92 Å². The number of fused-ring (bicyclic) bond motifs is 2. The lowest BCUT2D eigenvalue weighted by Gasteiger charge is -2.19. The van der Waals surface area contributed by atoms with Crippen molar-refractivity contribution < 1.29 is 22.7 Å². The molecule has 10 heteroatoms. The van der Waals surface area contributed by atoms with Gasteiger partial charge in [0.15, 0.2) is 0 Å². The van der Waals surface area contributed by atoms with Gasteiger partial charge in [-0.05, 0) is 48.9 Å². The first-order valence-corrected chi connectivity index (χ1v) is 12.4. The van der Waals surface area contributed by atoms with Crippen molar-refractivity contribution in [3.63, 3.8) is 0 Å². The van der Waals surface area contributed by atoms with Gasteiger partial charge in [-0.25, -0.2) is 8.42 Å². The second-order valence-electron chi connectivity index (χ2n) is 8.44. The average Bonchev–Trinajstić information content (AvgIpc) is 3.52. The second kappa shape index (κ2) is 8.71. The Morgan fingerprint density at radius 2 is 1.88 bits per heavy atom. The van der Waals surface area contributed by atoms with Crippen molar-refractivity contribution in [3.05, 3.63) is 72.9 Å². The van der Waals surface area contributed by atoms with Gasteiger partial charge >= 0.3 is 0 Å². The van der Waals surface area contributed by atoms with E-state index in [4.69, 9.17) is 4.74 Å². The summed E-state index contributed by atoms with van der Waals surface area (Å²) in [6, 6.07) is 15.5. The van der Waals surface area contributed by atoms with Crippen molar-refractivity contribution >= 4 is 38.4 Å². The van der Waals surface area contributed by atoms with Crippen molar-refractivity contribution in [2.45, 2.75) is 23.6 Å². The molecule has 3 aromatic rings. The summed E-state index contributed by atoms with van der Waals surface area (Å²) >= 11 is 0. The van der Waals surface area contributed by atoms with Crippen LogP contribution < -0.4 is 10.6 Å². The van der Waals surface area contributed by atoms with Gasteiger partial charge in [0.25, 0.3) is 5.91 Å². The highest BCUT2D eigenvalue weighted by Gasteiger charge is 2.46. The lowest BCUT2D eigenvalue weighted by Crippen LogP contribution is -2.37. The summed E-state index contributed by atoms with van der Waals surface area (Å²) in [7, 11) is -3.71. The molecule has 9 nitrogen and oxygen atoms in total. The van der Waals surface area contributed by atoms with Crippen molar-refractivity contribution in [1.29, 1.82) is 0 Å². The van der Waals surface area contributed by atoms with Crippen LogP contribution in [0.1, 0.15) is 16.9 Å². The minimum absolute atomic E-state index is 0.0137. The minimum Gasteiger partial charge on any atom is -0.354 e. The molecule has 3 N–H and O–H groups in total. The Bertz CT molecular complexity index is 1320. The van der Waals surface area contributed by atoms with Crippen LogP contribution in [0.15, 0.2) is 72.1 Å². The molecule has 2 aliphatic heterocycles. The number of amides is 2. The number of aromatic nitrogens is 1. The lowest BCUT2D eigenvalue weighted by molar-refractivity contribution is -0.120. The van der Waals surface area contributed by atoms with Crippen LogP contribution in [-0.2, 0) is 19.6 Å². The summed E-state index contributed by atoms with van der Waals surface area (Å²) in [5, 5.41) is 6.42. The minimum atomic E-state index is -3.71. The highest BCUT2D eigenvalue weighted by Crippen LogP contribution is 2.35. The number of nitrogens with one attached hydrogen (secondary N) is 3. The van der Waals surface area contributed by atoms with E-state index in [1.165, 1.54) is 22.5 Å². The topological polar surface area (TPSA) is 121 Å². The van der Waals surface area contributed by atoms with E-state index in [2.05, 4.69) is 22.2 Å². The zero-order chi connectivity index (χ0) is 23.9. The van der Waals surface area contributed by atoms with E-state index < -0.39 is 16.3 Å². The first-order chi connectivity index (χ1) is 16.3. The molecule has 0 spiro atoms. The van der Waals surface area contributed by atoms with Gasteiger partial charge in [-0.2, -0.15) is 4.31 Å². The molecule has 176 valence electrons. The van der Waals surface area contributed by atoms with Gasteiger partial charge in [-0.1, -0.05) is 24.8 Å². The van der Waals surface area contributed by atoms with Gasteiger partial charge in [0, 0.05) is 35.6 Å². The highest BCUT2D eigenvalue weighted by atomic mass is 32.2. The van der Waals surface area contributed by atoms with Crippen LogP contribution >= 0.6 is 0 Å². The largest absolute Gasteiger partial charge is 0.354 e. The fraction of sp³-hybridized carbons (Fsp3) is 0.250. The van der Waals surface area contributed by atoms with Gasteiger partial charge in [0.1, 0.15) is 11.9 Å². The van der Waals surface area contributed by atoms with E-state index in [1.54, 1.807) is 18.2 Å². The maximum atomic E-state index is 13.1. The normalized spacial score (nSPS) is 22.4. The van der Waals surface area contributed by atoms with E-state index in [0.29, 0.717) is 24.3 Å². The molecular formula is C24H24N4O5S. The number of carbonyl (C=O) groups is 2. The molecule has 0 bridgehead atoms. The molecule has 1 aromatic heterocycles. The first-order valence-electron chi connectivity index (χ1n) is 10.9. The Morgan fingerprint density at radius 1 is 1.12 bits per heavy atom.